The fourth-order valence-electron chi connectivity index (χ4n) is 2.09. The van der Waals surface area contributed by atoms with Crippen molar-refractivity contribution in [1.82, 2.24) is 4.98 Å². The van der Waals surface area contributed by atoms with E-state index in [2.05, 4.69) is 11.6 Å². The highest BCUT2D eigenvalue weighted by molar-refractivity contribution is 7.71. The molecule has 1 heterocycles. The van der Waals surface area contributed by atoms with Gasteiger partial charge < -0.3 is 4.57 Å². The molecule has 2 rings (SSSR count). The minimum atomic E-state index is -2.38. The van der Waals surface area contributed by atoms with Gasteiger partial charge in [-0.25, -0.2) is 0 Å². The number of aryl methyl sites for hydroxylation is 1. The number of benzene rings is 1. The number of nitrogens with zero attached hydrogens (tertiary/aromatic N) is 1. The van der Waals surface area contributed by atoms with Crippen LogP contribution in [-0.4, -0.2) is 17.3 Å². The Morgan fingerprint density at radius 3 is 2.42 bits per heavy atom. The lowest BCUT2D eigenvalue weighted by molar-refractivity contribution is 0.582. The minimum Gasteiger partial charge on any atom is -0.318 e. The van der Waals surface area contributed by atoms with Gasteiger partial charge in [0.15, 0.2) is 0 Å². The summed E-state index contributed by atoms with van der Waals surface area (Å²) in [6.07, 6.45) is 7.35. The molecule has 0 saturated carbocycles. The molecule has 0 radical (unpaired) electrons. The Morgan fingerprint density at radius 1 is 1.11 bits per heavy atom. The zero-order valence-electron chi connectivity index (χ0n) is 10.9. The summed E-state index contributed by atoms with van der Waals surface area (Å²) in [6.45, 7) is 3.74. The number of aromatic nitrogens is 1. The normalized spacial score (nSPS) is 13.7. The van der Waals surface area contributed by atoms with Crippen LogP contribution in [0.5, 0.6) is 0 Å². The molecule has 3 heteroatoms. The van der Waals surface area contributed by atoms with Gasteiger partial charge in [0.25, 0.3) is 0 Å². The van der Waals surface area contributed by atoms with Gasteiger partial charge in [-0.15, -0.1) is 6.58 Å². The number of hydrogen-bond acceptors (Lipinski definition) is 2. The van der Waals surface area contributed by atoms with Crippen molar-refractivity contribution in [2.75, 3.05) is 12.3 Å². The second-order valence-electron chi connectivity index (χ2n) is 4.53. The Bertz CT molecular complexity index is 566. The third kappa shape index (κ3) is 3.65. The van der Waals surface area contributed by atoms with E-state index in [1.165, 1.54) is 5.56 Å². The first-order chi connectivity index (χ1) is 9.24. The highest BCUT2D eigenvalue weighted by Gasteiger charge is 2.22. The summed E-state index contributed by atoms with van der Waals surface area (Å²) >= 11 is 0. The van der Waals surface area contributed by atoms with Gasteiger partial charge in [0, 0.05) is 30.0 Å². The highest BCUT2D eigenvalue weighted by Crippen LogP contribution is 2.44. The number of hydrogen-bond donors (Lipinski definition) is 0. The van der Waals surface area contributed by atoms with Crippen LogP contribution in [0.3, 0.4) is 0 Å². The molecule has 2 aromatic rings. The van der Waals surface area contributed by atoms with Crippen molar-refractivity contribution < 1.29 is 4.57 Å². The number of rotatable bonds is 6. The fraction of sp³-hybridized carbons (Fsp3) is 0.188. The van der Waals surface area contributed by atoms with Crippen LogP contribution in [0.25, 0.3) is 0 Å². The predicted molar refractivity (Wildman–Crippen MR) is 81.6 cm³/mol. The Hall–Kier alpha value is -1.66. The molecule has 0 amide bonds. The second kappa shape index (κ2) is 6.49. The van der Waals surface area contributed by atoms with E-state index in [0.29, 0.717) is 12.3 Å². The first kappa shape index (κ1) is 13.8. The van der Waals surface area contributed by atoms with Crippen molar-refractivity contribution in [2.45, 2.75) is 6.42 Å². The molecule has 1 unspecified atom stereocenters. The van der Waals surface area contributed by atoms with E-state index < -0.39 is 7.14 Å². The molecule has 0 fully saturated rings. The first-order valence-electron chi connectivity index (χ1n) is 6.38. The summed E-state index contributed by atoms with van der Waals surface area (Å²) in [6, 6.07) is 13.7. The summed E-state index contributed by atoms with van der Waals surface area (Å²) in [5, 5.41) is 0.948. The van der Waals surface area contributed by atoms with Crippen molar-refractivity contribution in [3.63, 3.8) is 0 Å². The summed E-state index contributed by atoms with van der Waals surface area (Å²) in [7, 11) is -2.38. The average molecular weight is 271 g/mol. The predicted octanol–water partition coefficient (Wildman–Crippen LogP) is 3.50. The second-order valence-corrected chi connectivity index (χ2v) is 7.63. The van der Waals surface area contributed by atoms with Gasteiger partial charge in [0.2, 0.25) is 0 Å². The summed E-state index contributed by atoms with van der Waals surface area (Å²) in [5.74, 6) is 0. The van der Waals surface area contributed by atoms with Crippen molar-refractivity contribution >= 4 is 12.4 Å². The maximum Gasteiger partial charge on any atom is 0.119 e. The van der Waals surface area contributed by atoms with Crippen LogP contribution in [0.4, 0.5) is 0 Å². The lowest BCUT2D eigenvalue weighted by Crippen LogP contribution is -2.11. The topological polar surface area (TPSA) is 30.0 Å². The zero-order chi connectivity index (χ0) is 13.6. The molecule has 2 nitrogen and oxygen atoms in total. The summed E-state index contributed by atoms with van der Waals surface area (Å²) < 4.78 is 13.1. The van der Waals surface area contributed by atoms with Gasteiger partial charge in [0.1, 0.15) is 7.14 Å². The third-order valence-corrected chi connectivity index (χ3v) is 6.20. The zero-order valence-corrected chi connectivity index (χ0v) is 11.8. The summed E-state index contributed by atoms with van der Waals surface area (Å²) in [4.78, 5) is 4.00. The highest BCUT2D eigenvalue weighted by atomic mass is 31.2. The van der Waals surface area contributed by atoms with E-state index >= 15 is 0 Å². The van der Waals surface area contributed by atoms with E-state index in [1.807, 2.05) is 42.5 Å². The maximum atomic E-state index is 13.1. The van der Waals surface area contributed by atoms with Gasteiger partial charge in [0.05, 0.1) is 0 Å². The van der Waals surface area contributed by atoms with E-state index in [-0.39, 0.29) is 0 Å². The number of allylic oxidation sites excluding steroid dienone is 1. The van der Waals surface area contributed by atoms with E-state index in [0.717, 1.165) is 11.7 Å². The lowest BCUT2D eigenvalue weighted by atomic mass is 10.2. The van der Waals surface area contributed by atoms with Gasteiger partial charge in [-0.05, 0) is 24.1 Å². The molecule has 0 N–H and O–H groups in total. The molecule has 0 aliphatic heterocycles. The smallest absolute Gasteiger partial charge is 0.119 e. The van der Waals surface area contributed by atoms with Crippen LogP contribution in [0, 0.1) is 0 Å². The molecular weight excluding hydrogens is 253 g/mol. The van der Waals surface area contributed by atoms with Crippen LogP contribution in [0.1, 0.15) is 5.56 Å². The maximum absolute atomic E-state index is 13.1. The van der Waals surface area contributed by atoms with E-state index in [9.17, 15) is 4.57 Å². The Balaban J connectivity index is 2.17. The van der Waals surface area contributed by atoms with Crippen molar-refractivity contribution in [2.24, 2.45) is 0 Å². The monoisotopic (exact) mass is 271 g/mol. The fourth-order valence-corrected chi connectivity index (χ4v) is 4.50. The standard InChI is InChI=1S/C16H18NOP/c1-2-13-19(18,16-6-4-3-5-7-16)14-10-15-8-11-17-12-9-15/h2-9,11-12H,1,10,13-14H2. The number of pyridine rings is 1. The van der Waals surface area contributed by atoms with Crippen LogP contribution in [0.15, 0.2) is 67.5 Å². The van der Waals surface area contributed by atoms with Gasteiger partial charge >= 0.3 is 0 Å². The van der Waals surface area contributed by atoms with Crippen LogP contribution in [0.2, 0.25) is 0 Å². The SMILES string of the molecule is C=CCP(=O)(CCc1ccncc1)c1ccccc1. The molecule has 98 valence electrons. The van der Waals surface area contributed by atoms with Crippen LogP contribution < -0.4 is 5.30 Å². The first-order valence-corrected chi connectivity index (χ1v) is 8.46. The summed E-state index contributed by atoms with van der Waals surface area (Å²) in [5.41, 5.74) is 1.18. The largest absolute Gasteiger partial charge is 0.318 e. The Labute approximate surface area is 114 Å². The van der Waals surface area contributed by atoms with Crippen LogP contribution >= 0.6 is 7.14 Å². The molecule has 1 atom stereocenters. The average Bonchev–Trinajstić information content (AvgIpc) is 2.48. The molecule has 19 heavy (non-hydrogen) atoms. The molecular formula is C16H18NOP. The Kier molecular flexibility index (Phi) is 4.70. The molecule has 1 aromatic carbocycles. The molecule has 0 spiro atoms. The van der Waals surface area contributed by atoms with Gasteiger partial charge in [-0.1, -0.05) is 36.4 Å². The van der Waals surface area contributed by atoms with Gasteiger partial charge in [-0.2, -0.15) is 0 Å². The quantitative estimate of drug-likeness (QED) is 0.594. The van der Waals surface area contributed by atoms with Crippen LogP contribution in [-0.2, 0) is 11.0 Å². The minimum absolute atomic E-state index is 0.558. The lowest BCUT2D eigenvalue weighted by Gasteiger charge is -2.17. The van der Waals surface area contributed by atoms with E-state index in [4.69, 9.17) is 0 Å². The van der Waals surface area contributed by atoms with E-state index in [1.54, 1.807) is 18.5 Å². The molecule has 0 aliphatic carbocycles. The van der Waals surface area contributed by atoms with Gasteiger partial charge in [-0.3, -0.25) is 4.98 Å². The molecule has 0 saturated heterocycles. The van der Waals surface area contributed by atoms with Crippen molar-refractivity contribution in [3.05, 3.63) is 73.1 Å². The third-order valence-electron chi connectivity index (χ3n) is 3.16. The molecule has 0 aliphatic rings. The van der Waals surface area contributed by atoms with Crippen molar-refractivity contribution in [1.29, 1.82) is 0 Å². The molecule has 0 bridgehead atoms. The van der Waals surface area contributed by atoms with Crippen molar-refractivity contribution in [3.8, 4) is 0 Å². The Morgan fingerprint density at radius 2 is 1.79 bits per heavy atom. The molecule has 1 aromatic heterocycles.